The molecule has 0 bridgehead atoms. The van der Waals surface area contributed by atoms with Crippen LogP contribution in [0.25, 0.3) is 98.0 Å². The summed E-state index contributed by atoms with van der Waals surface area (Å²) in [7, 11) is 0. The molecule has 2 N–H and O–H groups in total. The second-order valence-electron chi connectivity index (χ2n) is 12.6. The van der Waals surface area contributed by atoms with Crippen molar-refractivity contribution in [3.8, 4) is 0 Å². The standard InChI is InChI=1S/C36H12N4O12S2/c41-21-9-15-29-27-14(8-24(44)32(29)36(46)39-19-5-11(53-51-49-47)1-3-17(19)37-33(15)39)26-22(42)10-16-30-28(26)13(25(21)27)7-23(43)31(30)34-38-18-4-2-12(54-52-50-48)6-20(18)40(34)35(16)45/h1-10,47-48H. The zero-order chi connectivity index (χ0) is 36.9. The van der Waals surface area contributed by atoms with Crippen LogP contribution < -0.4 is 32.8 Å². The summed E-state index contributed by atoms with van der Waals surface area (Å²) in [5.74, 6) is 0. The lowest BCUT2D eigenvalue weighted by molar-refractivity contribution is -0.432. The summed E-state index contributed by atoms with van der Waals surface area (Å²) in [6.45, 7) is 0. The first kappa shape index (κ1) is 31.3. The van der Waals surface area contributed by atoms with E-state index >= 15 is 0 Å². The van der Waals surface area contributed by atoms with Crippen molar-refractivity contribution >= 4 is 122 Å². The van der Waals surface area contributed by atoms with Crippen molar-refractivity contribution in [1.29, 1.82) is 0 Å². The zero-order valence-electron chi connectivity index (χ0n) is 26.4. The Morgan fingerprint density at radius 1 is 0.463 bits per heavy atom. The van der Waals surface area contributed by atoms with E-state index in [-0.39, 0.29) is 87.0 Å². The van der Waals surface area contributed by atoms with E-state index in [4.69, 9.17) is 10.5 Å². The van der Waals surface area contributed by atoms with Gasteiger partial charge in [0.15, 0.2) is 27.4 Å². The number of benzene rings is 7. The average molecular weight is 757 g/mol. The molecule has 0 spiro atoms. The van der Waals surface area contributed by atoms with E-state index in [1.165, 1.54) is 33.1 Å². The molecule has 11 rings (SSSR count). The Morgan fingerprint density at radius 3 is 1.48 bits per heavy atom. The highest BCUT2D eigenvalue weighted by molar-refractivity contribution is 7.94. The van der Waals surface area contributed by atoms with Gasteiger partial charge in [-0.05, 0) is 71.4 Å². The van der Waals surface area contributed by atoms with Gasteiger partial charge in [-0.1, -0.05) is 10.1 Å². The molecule has 0 radical (unpaired) electrons. The van der Waals surface area contributed by atoms with Crippen LogP contribution in [0.3, 0.4) is 0 Å². The fourth-order valence-electron chi connectivity index (χ4n) is 8.19. The van der Waals surface area contributed by atoms with Crippen molar-refractivity contribution in [2.75, 3.05) is 0 Å². The summed E-state index contributed by atoms with van der Waals surface area (Å²) in [5.41, 5.74) is -2.58. The number of nitrogens with zero attached hydrogens (tertiary/aromatic N) is 4. The van der Waals surface area contributed by atoms with Crippen molar-refractivity contribution in [3.05, 3.63) is 122 Å². The molecule has 54 heavy (non-hydrogen) atoms. The van der Waals surface area contributed by atoms with Crippen LogP contribution in [0.5, 0.6) is 0 Å². The highest BCUT2D eigenvalue weighted by atomic mass is 32.2. The predicted octanol–water partition coefficient (Wildman–Crippen LogP) is 4.41. The van der Waals surface area contributed by atoms with Gasteiger partial charge in [-0.2, -0.15) is 0 Å². The van der Waals surface area contributed by atoms with E-state index in [1.54, 1.807) is 24.3 Å². The number of hydrogen-bond acceptors (Lipinski definition) is 16. The van der Waals surface area contributed by atoms with Gasteiger partial charge in [-0.15, -0.1) is 8.67 Å². The molecule has 7 aromatic carbocycles. The van der Waals surface area contributed by atoms with E-state index in [1.807, 2.05) is 0 Å². The molecule has 0 unspecified atom stereocenters. The summed E-state index contributed by atoms with van der Waals surface area (Å²) in [4.78, 5) is 95.6. The number of hydrogen-bond donors (Lipinski definition) is 2. The van der Waals surface area contributed by atoms with E-state index in [9.17, 15) is 28.8 Å². The first-order chi connectivity index (χ1) is 26.2. The Balaban J connectivity index is 1.34. The Bertz CT molecular complexity index is 3820. The van der Waals surface area contributed by atoms with Crippen molar-refractivity contribution in [2.45, 2.75) is 9.79 Å². The topological polar surface area (TPSA) is 214 Å². The van der Waals surface area contributed by atoms with Crippen LogP contribution in [0, 0.1) is 0 Å². The summed E-state index contributed by atoms with van der Waals surface area (Å²) in [6.07, 6.45) is 0. The van der Waals surface area contributed by atoms with Gasteiger partial charge in [0.25, 0.3) is 11.1 Å². The minimum atomic E-state index is -0.730. The van der Waals surface area contributed by atoms with Gasteiger partial charge in [0.1, 0.15) is 5.65 Å². The largest absolute Gasteiger partial charge is 0.289 e. The van der Waals surface area contributed by atoms with Crippen LogP contribution in [-0.2, 0) is 18.7 Å². The number of aromatic nitrogens is 4. The Labute approximate surface area is 301 Å². The molecule has 18 heteroatoms. The smallest absolute Gasteiger partial charge is 0.268 e. The summed E-state index contributed by atoms with van der Waals surface area (Å²) in [6, 6.07) is 14.2. The fourth-order valence-corrected chi connectivity index (χ4v) is 8.98. The Hall–Kier alpha value is -6.22. The normalized spacial score (nSPS) is 12.8. The van der Waals surface area contributed by atoms with Gasteiger partial charge in [0.2, 0.25) is 0 Å². The summed E-state index contributed by atoms with van der Waals surface area (Å²) in [5, 5.41) is 25.0. The molecule has 11 aromatic rings. The van der Waals surface area contributed by atoms with Gasteiger partial charge < -0.3 is 0 Å². The molecule has 4 aromatic heterocycles. The SMILES string of the molecule is O=c1cc2c3c(=O)cc4c(=O)n5c6cc(SOOO)ccc6nc5c5c(=O)cc(c6c(=O)cc7c(c1c(=O)n1c8cc(SOOO)ccc8nc71)c26)c3c45. The van der Waals surface area contributed by atoms with Crippen molar-refractivity contribution < 1.29 is 29.3 Å². The molecule has 0 aliphatic carbocycles. The number of rotatable bonds is 6. The molecule has 0 saturated carbocycles. The second-order valence-corrected chi connectivity index (χ2v) is 14.1. The van der Waals surface area contributed by atoms with Crippen molar-refractivity contribution in [2.24, 2.45) is 0 Å². The van der Waals surface area contributed by atoms with Crippen molar-refractivity contribution in [3.63, 3.8) is 0 Å². The Morgan fingerprint density at radius 2 is 0.907 bits per heavy atom. The number of imidazole rings is 2. The quantitative estimate of drug-likeness (QED) is 0.0790. The van der Waals surface area contributed by atoms with E-state index in [0.29, 0.717) is 44.9 Å². The molecule has 0 fully saturated rings. The lowest BCUT2D eigenvalue weighted by atomic mass is 9.85. The molecular weight excluding hydrogens is 745 g/mol. The van der Waals surface area contributed by atoms with Crippen LogP contribution in [0.15, 0.2) is 99.2 Å². The zero-order valence-corrected chi connectivity index (χ0v) is 28.0. The van der Waals surface area contributed by atoms with Crippen LogP contribution in [0.4, 0.5) is 0 Å². The molecule has 0 aliphatic heterocycles. The molecule has 16 nitrogen and oxygen atoms in total. The lowest BCUT2D eigenvalue weighted by Crippen LogP contribution is -2.22. The predicted molar refractivity (Wildman–Crippen MR) is 199 cm³/mol. The summed E-state index contributed by atoms with van der Waals surface area (Å²) >= 11 is 1.31. The van der Waals surface area contributed by atoms with Crippen LogP contribution in [-0.4, -0.2) is 29.3 Å². The van der Waals surface area contributed by atoms with E-state index < -0.39 is 32.8 Å². The van der Waals surface area contributed by atoms with E-state index in [2.05, 4.69) is 28.7 Å². The molecule has 4 heterocycles. The highest BCUT2D eigenvalue weighted by Crippen LogP contribution is 2.42. The number of fused-ring (bicyclic) bond motifs is 10. The number of pyridine rings is 2. The van der Waals surface area contributed by atoms with Crippen LogP contribution >= 0.6 is 24.1 Å². The molecule has 0 aliphatic rings. The highest BCUT2D eigenvalue weighted by Gasteiger charge is 2.29. The van der Waals surface area contributed by atoms with E-state index in [0.717, 1.165) is 12.1 Å². The molecule has 260 valence electrons. The third-order valence-electron chi connectivity index (χ3n) is 10.1. The molecule has 0 atom stereocenters. The van der Waals surface area contributed by atoms with Crippen LogP contribution in [0.2, 0.25) is 0 Å². The maximum Gasteiger partial charge on any atom is 0.268 e. The molecule has 0 amide bonds. The van der Waals surface area contributed by atoms with Gasteiger partial charge in [-0.25, -0.2) is 20.5 Å². The maximum absolute atomic E-state index is 14.4. The molecule has 0 saturated heterocycles. The molecular formula is C36H12N4O12S2. The first-order valence-corrected chi connectivity index (χ1v) is 17.2. The van der Waals surface area contributed by atoms with Crippen LogP contribution in [0.1, 0.15) is 0 Å². The minimum absolute atomic E-state index is 0.00538. The monoisotopic (exact) mass is 756 g/mol. The van der Waals surface area contributed by atoms with Crippen molar-refractivity contribution in [1.82, 2.24) is 18.8 Å². The fraction of sp³-hybridized carbons (Fsp3) is 0. The third kappa shape index (κ3) is 3.78. The average Bonchev–Trinajstić information content (AvgIpc) is 3.73. The minimum Gasteiger partial charge on any atom is -0.289 e. The van der Waals surface area contributed by atoms with Gasteiger partial charge in [0, 0.05) is 47.5 Å². The lowest BCUT2D eigenvalue weighted by Gasteiger charge is -2.16. The third-order valence-corrected chi connectivity index (χ3v) is 11.2. The maximum atomic E-state index is 14.4. The van der Waals surface area contributed by atoms with Gasteiger partial charge >= 0.3 is 0 Å². The second kappa shape index (κ2) is 10.7. The summed E-state index contributed by atoms with van der Waals surface area (Å²) < 4.78 is 11.5. The Kier molecular flexibility index (Phi) is 6.20. The van der Waals surface area contributed by atoms with Gasteiger partial charge in [-0.3, -0.25) is 37.6 Å². The van der Waals surface area contributed by atoms with Gasteiger partial charge in [0.05, 0.1) is 62.3 Å². The first-order valence-electron chi connectivity index (χ1n) is 15.7.